The molecular formula is C21H23N7O. The van der Waals surface area contributed by atoms with Gasteiger partial charge >= 0.3 is 0 Å². The molecule has 148 valence electrons. The lowest BCUT2D eigenvalue weighted by Crippen LogP contribution is -2.31. The maximum absolute atomic E-state index is 6.14. The SMILES string of the molecule is Cc1nn(C2CCN(C)CC2)cc1-c1cnc(N)c(-c2nc3cccnc3o2)c1. The first-order valence-electron chi connectivity index (χ1n) is 9.80. The van der Waals surface area contributed by atoms with Crippen LogP contribution in [0.5, 0.6) is 0 Å². The van der Waals surface area contributed by atoms with E-state index in [9.17, 15) is 0 Å². The van der Waals surface area contributed by atoms with Crippen LogP contribution in [0.1, 0.15) is 24.6 Å². The first-order chi connectivity index (χ1) is 14.1. The van der Waals surface area contributed by atoms with E-state index in [0.29, 0.717) is 34.5 Å². The van der Waals surface area contributed by atoms with Crippen LogP contribution >= 0.6 is 0 Å². The van der Waals surface area contributed by atoms with Crippen molar-refractivity contribution in [2.24, 2.45) is 0 Å². The number of nitrogens with two attached hydrogens (primary N) is 1. The first kappa shape index (κ1) is 17.8. The zero-order valence-electron chi connectivity index (χ0n) is 16.5. The number of rotatable bonds is 3. The Balaban J connectivity index is 1.51. The van der Waals surface area contributed by atoms with Crippen molar-refractivity contribution in [3.05, 3.63) is 42.5 Å². The van der Waals surface area contributed by atoms with Crippen molar-refractivity contribution in [2.75, 3.05) is 25.9 Å². The van der Waals surface area contributed by atoms with Crippen molar-refractivity contribution in [1.82, 2.24) is 29.6 Å². The van der Waals surface area contributed by atoms with Crippen molar-refractivity contribution >= 4 is 17.0 Å². The number of pyridine rings is 2. The second-order valence-electron chi connectivity index (χ2n) is 7.65. The molecular weight excluding hydrogens is 366 g/mol. The van der Waals surface area contributed by atoms with E-state index in [2.05, 4.69) is 37.8 Å². The Labute approximate surface area is 168 Å². The van der Waals surface area contributed by atoms with Gasteiger partial charge in [0, 0.05) is 29.7 Å². The van der Waals surface area contributed by atoms with Crippen LogP contribution in [0.15, 0.2) is 41.2 Å². The van der Waals surface area contributed by atoms with E-state index < -0.39 is 0 Å². The summed E-state index contributed by atoms with van der Waals surface area (Å²) in [5.74, 6) is 0.798. The summed E-state index contributed by atoms with van der Waals surface area (Å²) >= 11 is 0. The zero-order valence-corrected chi connectivity index (χ0v) is 16.5. The van der Waals surface area contributed by atoms with Crippen molar-refractivity contribution in [3.63, 3.8) is 0 Å². The number of oxazole rings is 1. The average molecular weight is 389 g/mol. The maximum atomic E-state index is 6.14. The van der Waals surface area contributed by atoms with Gasteiger partial charge in [0.05, 0.1) is 17.3 Å². The molecule has 5 rings (SSSR count). The molecule has 2 N–H and O–H groups in total. The van der Waals surface area contributed by atoms with Gasteiger partial charge in [-0.25, -0.2) is 15.0 Å². The number of hydrogen-bond acceptors (Lipinski definition) is 7. The topological polar surface area (TPSA) is 98.9 Å². The van der Waals surface area contributed by atoms with Crippen LogP contribution in [-0.4, -0.2) is 49.8 Å². The van der Waals surface area contributed by atoms with Crippen LogP contribution in [0.3, 0.4) is 0 Å². The highest BCUT2D eigenvalue weighted by Crippen LogP contribution is 2.33. The number of nitrogen functional groups attached to an aromatic ring is 1. The minimum atomic E-state index is 0.376. The third-order valence-corrected chi connectivity index (χ3v) is 5.61. The first-order valence-corrected chi connectivity index (χ1v) is 9.80. The van der Waals surface area contributed by atoms with Gasteiger partial charge in [-0.05, 0) is 58.1 Å². The molecule has 0 spiro atoms. The quantitative estimate of drug-likeness (QED) is 0.574. The lowest BCUT2D eigenvalue weighted by Gasteiger charge is -2.29. The summed E-state index contributed by atoms with van der Waals surface area (Å²) in [6, 6.07) is 6.09. The largest absolute Gasteiger partial charge is 0.418 e. The molecule has 4 aromatic rings. The van der Waals surface area contributed by atoms with Gasteiger partial charge in [-0.3, -0.25) is 4.68 Å². The van der Waals surface area contributed by atoms with Crippen LogP contribution in [0.2, 0.25) is 0 Å². The van der Waals surface area contributed by atoms with E-state index in [1.54, 1.807) is 12.4 Å². The molecule has 1 fully saturated rings. The molecule has 0 aromatic carbocycles. The van der Waals surface area contributed by atoms with E-state index >= 15 is 0 Å². The summed E-state index contributed by atoms with van der Waals surface area (Å²) < 4.78 is 7.91. The van der Waals surface area contributed by atoms with Gasteiger partial charge in [-0.15, -0.1) is 0 Å². The molecule has 5 heterocycles. The molecule has 0 radical (unpaired) electrons. The third kappa shape index (κ3) is 3.25. The van der Waals surface area contributed by atoms with Gasteiger partial charge in [-0.1, -0.05) is 0 Å². The molecule has 0 saturated carbocycles. The Kier molecular flexibility index (Phi) is 4.28. The fourth-order valence-corrected chi connectivity index (χ4v) is 3.89. The third-order valence-electron chi connectivity index (χ3n) is 5.61. The Morgan fingerprint density at radius 1 is 1.17 bits per heavy atom. The summed E-state index contributed by atoms with van der Waals surface area (Å²) in [7, 11) is 2.17. The molecule has 0 atom stereocenters. The predicted molar refractivity (Wildman–Crippen MR) is 111 cm³/mol. The molecule has 1 saturated heterocycles. The minimum absolute atomic E-state index is 0.376. The highest BCUT2D eigenvalue weighted by atomic mass is 16.4. The Morgan fingerprint density at radius 3 is 2.79 bits per heavy atom. The van der Waals surface area contributed by atoms with Crippen molar-refractivity contribution < 1.29 is 4.42 Å². The van der Waals surface area contributed by atoms with Crippen LogP contribution in [-0.2, 0) is 0 Å². The molecule has 4 aromatic heterocycles. The lowest BCUT2D eigenvalue weighted by atomic mass is 10.1. The van der Waals surface area contributed by atoms with Crippen molar-refractivity contribution in [1.29, 1.82) is 0 Å². The van der Waals surface area contributed by atoms with Gasteiger partial charge in [-0.2, -0.15) is 5.10 Å². The smallest absolute Gasteiger partial charge is 0.247 e. The van der Waals surface area contributed by atoms with E-state index in [-0.39, 0.29) is 0 Å². The van der Waals surface area contributed by atoms with Crippen molar-refractivity contribution in [2.45, 2.75) is 25.8 Å². The molecule has 0 unspecified atom stereocenters. The molecule has 8 heteroatoms. The number of aryl methyl sites for hydroxylation is 1. The molecule has 29 heavy (non-hydrogen) atoms. The monoisotopic (exact) mass is 389 g/mol. The lowest BCUT2D eigenvalue weighted by molar-refractivity contribution is 0.212. The van der Waals surface area contributed by atoms with Crippen LogP contribution in [0.4, 0.5) is 5.82 Å². The number of likely N-dealkylation sites (tertiary alicyclic amines) is 1. The van der Waals surface area contributed by atoms with Crippen molar-refractivity contribution in [3.8, 4) is 22.6 Å². The summed E-state index contributed by atoms with van der Waals surface area (Å²) in [6.07, 6.45) is 7.80. The van der Waals surface area contributed by atoms with Gasteiger partial charge in [0.1, 0.15) is 11.3 Å². The number of nitrogens with zero attached hydrogens (tertiary/aromatic N) is 6. The summed E-state index contributed by atoms with van der Waals surface area (Å²) in [4.78, 5) is 15.5. The van der Waals surface area contributed by atoms with Gasteiger partial charge in [0.25, 0.3) is 0 Å². The average Bonchev–Trinajstić information content (AvgIpc) is 3.32. The normalized spacial score (nSPS) is 15.9. The van der Waals surface area contributed by atoms with Crippen LogP contribution in [0, 0.1) is 6.92 Å². The number of anilines is 1. The summed E-state index contributed by atoms with van der Waals surface area (Å²) in [5.41, 5.74) is 10.9. The van der Waals surface area contributed by atoms with Gasteiger partial charge in [0.15, 0.2) is 0 Å². The highest BCUT2D eigenvalue weighted by molar-refractivity contribution is 5.79. The molecule has 8 nitrogen and oxygen atoms in total. The maximum Gasteiger partial charge on any atom is 0.247 e. The highest BCUT2D eigenvalue weighted by Gasteiger charge is 2.21. The Bertz CT molecular complexity index is 1140. The second kappa shape index (κ2) is 6.97. The number of fused-ring (bicyclic) bond motifs is 1. The zero-order chi connectivity index (χ0) is 20.0. The number of hydrogen-bond donors (Lipinski definition) is 1. The number of piperidine rings is 1. The van der Waals surface area contributed by atoms with Gasteiger partial charge in [0.2, 0.25) is 11.6 Å². The van der Waals surface area contributed by atoms with E-state index in [0.717, 1.165) is 42.8 Å². The van der Waals surface area contributed by atoms with Crippen LogP contribution < -0.4 is 5.73 Å². The Hall–Kier alpha value is -3.26. The number of aromatic nitrogens is 5. The molecule has 0 amide bonds. The van der Waals surface area contributed by atoms with E-state index in [1.807, 2.05) is 25.1 Å². The molecule has 1 aliphatic heterocycles. The predicted octanol–water partition coefficient (Wildman–Crippen LogP) is 3.31. The Morgan fingerprint density at radius 2 is 2.00 bits per heavy atom. The molecule has 0 bridgehead atoms. The van der Waals surface area contributed by atoms with Crippen LogP contribution in [0.25, 0.3) is 33.8 Å². The molecule has 1 aliphatic rings. The van der Waals surface area contributed by atoms with E-state index in [4.69, 9.17) is 15.2 Å². The fraction of sp³-hybridized carbons (Fsp3) is 0.333. The van der Waals surface area contributed by atoms with E-state index in [1.165, 1.54) is 0 Å². The minimum Gasteiger partial charge on any atom is -0.418 e. The molecule has 0 aliphatic carbocycles. The summed E-state index contributed by atoms with van der Waals surface area (Å²) in [5, 5.41) is 4.79. The fourth-order valence-electron chi connectivity index (χ4n) is 3.89. The standard InChI is InChI=1S/C21H23N7O/c1-13-17(12-28(26-13)15-5-8-27(2)9-6-15)14-10-16(19(22)24-11-14)20-25-18-4-3-7-23-21(18)29-20/h3-4,7,10-12,15H,5-6,8-9H2,1-2H3,(H2,22,24). The second-order valence-corrected chi connectivity index (χ2v) is 7.65. The summed E-state index contributed by atoms with van der Waals surface area (Å²) in [6.45, 7) is 4.22. The van der Waals surface area contributed by atoms with Gasteiger partial charge < -0.3 is 15.1 Å².